The number of carbonyl (C=O) groups is 2. The molecular weight excluding hydrogens is 282 g/mol. The minimum absolute atomic E-state index is 0.0524. The van der Waals surface area contributed by atoms with Gasteiger partial charge in [0.2, 0.25) is 5.91 Å². The Morgan fingerprint density at radius 1 is 1.32 bits per heavy atom. The second-order valence-corrected chi connectivity index (χ2v) is 6.21. The van der Waals surface area contributed by atoms with E-state index >= 15 is 0 Å². The third-order valence-corrected chi connectivity index (χ3v) is 4.64. The van der Waals surface area contributed by atoms with Crippen molar-refractivity contribution in [2.45, 2.75) is 38.3 Å². The second-order valence-electron chi connectivity index (χ2n) is 6.21. The standard InChI is InChI=1S/C17H21NO4/c1-11-8-12(6-7-22-11)16(19)18-9-13-4-2-3-5-14(13)15(10-18)17(20)21/h2-5,11-12,15H,6-10H2,1H3,(H,20,21). The van der Waals surface area contributed by atoms with Gasteiger partial charge < -0.3 is 14.7 Å². The molecule has 0 aromatic heterocycles. The van der Waals surface area contributed by atoms with Crippen molar-refractivity contribution in [2.75, 3.05) is 13.2 Å². The molecule has 1 fully saturated rings. The fraction of sp³-hybridized carbons (Fsp3) is 0.529. The predicted molar refractivity (Wildman–Crippen MR) is 80.4 cm³/mol. The summed E-state index contributed by atoms with van der Waals surface area (Å²) in [6.07, 6.45) is 1.53. The van der Waals surface area contributed by atoms with Crippen LogP contribution in [-0.2, 0) is 20.9 Å². The smallest absolute Gasteiger partial charge is 0.312 e. The molecule has 3 rings (SSSR count). The minimum atomic E-state index is -0.870. The zero-order chi connectivity index (χ0) is 15.7. The van der Waals surface area contributed by atoms with Crippen LogP contribution in [0.2, 0.25) is 0 Å². The molecule has 2 aliphatic rings. The van der Waals surface area contributed by atoms with Gasteiger partial charge in [-0.3, -0.25) is 9.59 Å². The van der Waals surface area contributed by atoms with E-state index in [4.69, 9.17) is 4.74 Å². The maximum atomic E-state index is 12.8. The highest BCUT2D eigenvalue weighted by atomic mass is 16.5. The first-order valence-corrected chi connectivity index (χ1v) is 7.77. The summed E-state index contributed by atoms with van der Waals surface area (Å²) in [6.45, 7) is 3.34. The number of rotatable bonds is 2. The average Bonchev–Trinajstić information content (AvgIpc) is 2.53. The quantitative estimate of drug-likeness (QED) is 0.907. The van der Waals surface area contributed by atoms with Crippen LogP contribution in [-0.4, -0.2) is 41.1 Å². The van der Waals surface area contributed by atoms with Gasteiger partial charge in [-0.15, -0.1) is 0 Å². The highest BCUT2D eigenvalue weighted by molar-refractivity contribution is 5.83. The van der Waals surface area contributed by atoms with Crippen molar-refractivity contribution in [1.82, 2.24) is 4.90 Å². The zero-order valence-electron chi connectivity index (χ0n) is 12.7. The molecule has 0 aliphatic carbocycles. The number of amides is 1. The maximum absolute atomic E-state index is 12.8. The van der Waals surface area contributed by atoms with Gasteiger partial charge in [0, 0.05) is 25.6 Å². The molecule has 1 amide bonds. The monoisotopic (exact) mass is 303 g/mol. The van der Waals surface area contributed by atoms with E-state index in [1.165, 1.54) is 0 Å². The molecular formula is C17H21NO4. The number of ether oxygens (including phenoxy) is 1. The SMILES string of the molecule is CC1CC(C(=O)N2Cc3ccccc3C(C(=O)O)C2)CCO1. The van der Waals surface area contributed by atoms with Crippen LogP contribution in [0.4, 0.5) is 0 Å². The largest absolute Gasteiger partial charge is 0.481 e. The van der Waals surface area contributed by atoms with Crippen molar-refractivity contribution in [3.8, 4) is 0 Å². The highest BCUT2D eigenvalue weighted by Gasteiger charge is 2.36. The van der Waals surface area contributed by atoms with Gasteiger partial charge in [0.15, 0.2) is 0 Å². The number of aliphatic carboxylic acids is 1. The molecule has 2 heterocycles. The molecule has 5 nitrogen and oxygen atoms in total. The molecule has 118 valence electrons. The fourth-order valence-corrected chi connectivity index (χ4v) is 3.47. The lowest BCUT2D eigenvalue weighted by Gasteiger charge is -2.36. The zero-order valence-corrected chi connectivity index (χ0v) is 12.7. The number of carboxylic acids is 1. The van der Waals surface area contributed by atoms with Crippen LogP contribution in [0, 0.1) is 5.92 Å². The Morgan fingerprint density at radius 3 is 2.82 bits per heavy atom. The number of benzene rings is 1. The Hall–Kier alpha value is -1.88. The lowest BCUT2D eigenvalue weighted by Crippen LogP contribution is -2.45. The molecule has 0 spiro atoms. The van der Waals surface area contributed by atoms with Crippen molar-refractivity contribution < 1.29 is 19.4 Å². The van der Waals surface area contributed by atoms with Crippen LogP contribution in [0.1, 0.15) is 36.8 Å². The molecule has 1 saturated heterocycles. The van der Waals surface area contributed by atoms with Gasteiger partial charge in [-0.2, -0.15) is 0 Å². The van der Waals surface area contributed by atoms with E-state index < -0.39 is 11.9 Å². The van der Waals surface area contributed by atoms with Gasteiger partial charge in [0.05, 0.1) is 12.0 Å². The maximum Gasteiger partial charge on any atom is 0.312 e. The third kappa shape index (κ3) is 2.86. The Labute approximate surface area is 129 Å². The van der Waals surface area contributed by atoms with Gasteiger partial charge in [-0.05, 0) is 30.9 Å². The molecule has 3 atom stereocenters. The molecule has 1 aromatic carbocycles. The number of carboxylic acid groups (broad SMARTS) is 1. The molecule has 1 aromatic rings. The summed E-state index contributed by atoms with van der Waals surface area (Å²) < 4.78 is 5.50. The first-order chi connectivity index (χ1) is 10.6. The van der Waals surface area contributed by atoms with Crippen LogP contribution in [0.25, 0.3) is 0 Å². The lowest BCUT2D eigenvalue weighted by molar-refractivity contribution is -0.145. The van der Waals surface area contributed by atoms with E-state index in [0.29, 0.717) is 19.6 Å². The van der Waals surface area contributed by atoms with E-state index in [9.17, 15) is 14.7 Å². The van der Waals surface area contributed by atoms with Crippen molar-refractivity contribution in [3.63, 3.8) is 0 Å². The van der Waals surface area contributed by atoms with Crippen LogP contribution < -0.4 is 0 Å². The molecule has 0 radical (unpaired) electrons. The van der Waals surface area contributed by atoms with Gasteiger partial charge in [0.1, 0.15) is 0 Å². The summed E-state index contributed by atoms with van der Waals surface area (Å²) in [5.41, 5.74) is 1.77. The fourth-order valence-electron chi connectivity index (χ4n) is 3.47. The molecule has 2 aliphatic heterocycles. The van der Waals surface area contributed by atoms with E-state index in [-0.39, 0.29) is 24.5 Å². The van der Waals surface area contributed by atoms with Crippen LogP contribution >= 0.6 is 0 Å². The van der Waals surface area contributed by atoms with E-state index in [1.54, 1.807) is 4.90 Å². The van der Waals surface area contributed by atoms with Gasteiger partial charge in [0.25, 0.3) is 0 Å². The first-order valence-electron chi connectivity index (χ1n) is 7.77. The molecule has 5 heteroatoms. The minimum Gasteiger partial charge on any atom is -0.481 e. The molecule has 22 heavy (non-hydrogen) atoms. The van der Waals surface area contributed by atoms with Crippen LogP contribution in [0.5, 0.6) is 0 Å². The Bertz CT molecular complexity index is 586. The first kappa shape index (κ1) is 15.0. The van der Waals surface area contributed by atoms with E-state index in [0.717, 1.165) is 17.5 Å². The van der Waals surface area contributed by atoms with Crippen molar-refractivity contribution >= 4 is 11.9 Å². The van der Waals surface area contributed by atoms with Gasteiger partial charge in [-0.1, -0.05) is 24.3 Å². The number of nitrogens with zero attached hydrogens (tertiary/aromatic N) is 1. The van der Waals surface area contributed by atoms with Gasteiger partial charge in [-0.25, -0.2) is 0 Å². The summed E-state index contributed by atoms with van der Waals surface area (Å²) in [6, 6.07) is 7.51. The highest BCUT2D eigenvalue weighted by Crippen LogP contribution is 2.31. The molecule has 3 unspecified atom stereocenters. The van der Waals surface area contributed by atoms with Crippen molar-refractivity contribution in [2.24, 2.45) is 5.92 Å². The van der Waals surface area contributed by atoms with Gasteiger partial charge >= 0.3 is 5.97 Å². The normalized spacial score (nSPS) is 28.0. The average molecular weight is 303 g/mol. The van der Waals surface area contributed by atoms with Crippen LogP contribution in [0.3, 0.4) is 0 Å². The van der Waals surface area contributed by atoms with Crippen LogP contribution in [0.15, 0.2) is 24.3 Å². The van der Waals surface area contributed by atoms with Crippen molar-refractivity contribution in [1.29, 1.82) is 0 Å². The second kappa shape index (κ2) is 6.08. The third-order valence-electron chi connectivity index (χ3n) is 4.64. The lowest BCUT2D eigenvalue weighted by atomic mass is 9.88. The summed E-state index contributed by atoms with van der Waals surface area (Å²) >= 11 is 0. The van der Waals surface area contributed by atoms with E-state index in [1.807, 2.05) is 31.2 Å². The van der Waals surface area contributed by atoms with Crippen molar-refractivity contribution in [3.05, 3.63) is 35.4 Å². The molecule has 1 N–H and O–H groups in total. The summed E-state index contributed by atoms with van der Waals surface area (Å²) in [7, 11) is 0. The number of hydrogen-bond donors (Lipinski definition) is 1. The summed E-state index contributed by atoms with van der Waals surface area (Å²) in [5.74, 6) is -1.49. The van der Waals surface area contributed by atoms with E-state index in [2.05, 4.69) is 0 Å². The predicted octanol–water partition coefficient (Wildman–Crippen LogP) is 2.01. The Kier molecular flexibility index (Phi) is 4.16. The number of hydrogen-bond acceptors (Lipinski definition) is 3. The summed E-state index contributed by atoms with van der Waals surface area (Å²) in [4.78, 5) is 26.0. The molecule has 0 bridgehead atoms. The topological polar surface area (TPSA) is 66.8 Å². The number of fused-ring (bicyclic) bond motifs is 1. The Balaban J connectivity index is 1.81. The Morgan fingerprint density at radius 2 is 2.09 bits per heavy atom. The molecule has 0 saturated carbocycles. The number of carbonyl (C=O) groups excluding carboxylic acids is 1. The summed E-state index contributed by atoms with van der Waals surface area (Å²) in [5, 5.41) is 9.48.